The Kier molecular flexibility index (Phi) is 5.38. The standard InChI is InChI=1S/C20H18BrFN4O2/c21-18-7-6-17(28-18)19(27)26-10-2-3-13(12-26)16-8-9-23-20(25-16)24-15-5-1-4-14(22)11-15/h1,4-9,11,13H,2-3,10,12H2,(H,23,24,25)/t13-/m0/s1. The zero-order valence-corrected chi connectivity index (χ0v) is 16.5. The van der Waals surface area contributed by atoms with E-state index in [4.69, 9.17) is 4.42 Å². The third-order valence-electron chi connectivity index (χ3n) is 4.67. The van der Waals surface area contributed by atoms with Crippen molar-refractivity contribution in [2.45, 2.75) is 18.8 Å². The van der Waals surface area contributed by atoms with Crippen LogP contribution >= 0.6 is 15.9 Å². The van der Waals surface area contributed by atoms with Crippen LogP contribution in [0.5, 0.6) is 0 Å². The first-order valence-electron chi connectivity index (χ1n) is 8.98. The molecule has 1 aromatic carbocycles. The molecule has 28 heavy (non-hydrogen) atoms. The fraction of sp³-hybridized carbons (Fsp3) is 0.250. The Hall–Kier alpha value is -2.74. The minimum absolute atomic E-state index is 0.104. The highest BCUT2D eigenvalue weighted by molar-refractivity contribution is 9.10. The number of benzene rings is 1. The predicted octanol–water partition coefficient (Wildman–Crippen LogP) is 4.73. The van der Waals surface area contributed by atoms with Crippen LogP contribution in [0.2, 0.25) is 0 Å². The summed E-state index contributed by atoms with van der Waals surface area (Å²) in [5.74, 6) is 0.382. The largest absolute Gasteiger partial charge is 0.444 e. The number of nitrogens with one attached hydrogen (secondary N) is 1. The molecule has 1 fully saturated rings. The van der Waals surface area contributed by atoms with Gasteiger partial charge in [0.15, 0.2) is 10.4 Å². The van der Waals surface area contributed by atoms with Crippen molar-refractivity contribution in [3.8, 4) is 0 Å². The third-order valence-corrected chi connectivity index (χ3v) is 5.09. The molecule has 6 nitrogen and oxygen atoms in total. The summed E-state index contributed by atoms with van der Waals surface area (Å²) in [6, 6.07) is 11.4. The first-order chi connectivity index (χ1) is 13.6. The van der Waals surface area contributed by atoms with Crippen LogP contribution in [0, 0.1) is 5.82 Å². The van der Waals surface area contributed by atoms with Gasteiger partial charge in [-0.1, -0.05) is 6.07 Å². The summed E-state index contributed by atoms with van der Waals surface area (Å²) in [5.41, 5.74) is 1.44. The minimum atomic E-state index is -0.327. The fourth-order valence-electron chi connectivity index (χ4n) is 3.34. The van der Waals surface area contributed by atoms with Crippen molar-refractivity contribution in [3.05, 3.63) is 70.6 Å². The molecule has 4 rings (SSSR count). The van der Waals surface area contributed by atoms with Gasteiger partial charge in [-0.2, -0.15) is 0 Å². The number of furan rings is 1. The van der Waals surface area contributed by atoms with Crippen LogP contribution in [-0.2, 0) is 0 Å². The number of hydrogen-bond donors (Lipinski definition) is 1. The van der Waals surface area contributed by atoms with Crippen LogP contribution in [0.1, 0.15) is 35.0 Å². The van der Waals surface area contributed by atoms with Gasteiger partial charge >= 0.3 is 0 Å². The molecule has 0 saturated carbocycles. The van der Waals surface area contributed by atoms with E-state index >= 15 is 0 Å². The number of nitrogens with zero attached hydrogens (tertiary/aromatic N) is 3. The Morgan fingerprint density at radius 3 is 2.96 bits per heavy atom. The first-order valence-corrected chi connectivity index (χ1v) is 9.78. The molecule has 1 aliphatic rings. The Bertz CT molecular complexity index is 994. The average Bonchev–Trinajstić information content (AvgIpc) is 3.14. The molecule has 0 spiro atoms. The smallest absolute Gasteiger partial charge is 0.289 e. The van der Waals surface area contributed by atoms with Gasteiger partial charge in [-0.05, 0) is 65.2 Å². The molecule has 0 bridgehead atoms. The van der Waals surface area contributed by atoms with Crippen molar-refractivity contribution < 1.29 is 13.6 Å². The van der Waals surface area contributed by atoms with E-state index in [0.717, 1.165) is 18.5 Å². The normalized spacial score (nSPS) is 16.8. The van der Waals surface area contributed by atoms with Crippen LogP contribution in [0.25, 0.3) is 0 Å². The summed E-state index contributed by atoms with van der Waals surface area (Å²) in [4.78, 5) is 23.3. The van der Waals surface area contributed by atoms with Gasteiger partial charge in [0, 0.05) is 30.9 Å². The van der Waals surface area contributed by atoms with Gasteiger partial charge in [0.25, 0.3) is 5.91 Å². The Labute approximate surface area is 169 Å². The second-order valence-electron chi connectivity index (χ2n) is 6.63. The number of anilines is 2. The highest BCUT2D eigenvalue weighted by atomic mass is 79.9. The Balaban J connectivity index is 1.48. The molecule has 144 valence electrons. The molecule has 2 aromatic heterocycles. The minimum Gasteiger partial charge on any atom is -0.444 e. The van der Waals surface area contributed by atoms with E-state index in [1.54, 1.807) is 35.4 Å². The van der Waals surface area contributed by atoms with Crippen molar-refractivity contribution in [3.63, 3.8) is 0 Å². The molecular formula is C20H18BrFN4O2. The van der Waals surface area contributed by atoms with Crippen molar-refractivity contribution in [2.75, 3.05) is 18.4 Å². The summed E-state index contributed by atoms with van der Waals surface area (Å²) in [5, 5.41) is 3.02. The lowest BCUT2D eigenvalue weighted by molar-refractivity contribution is 0.0672. The molecule has 0 unspecified atom stereocenters. The Morgan fingerprint density at radius 1 is 1.29 bits per heavy atom. The molecule has 8 heteroatoms. The van der Waals surface area contributed by atoms with Crippen LogP contribution in [-0.4, -0.2) is 33.9 Å². The molecule has 1 amide bonds. The molecule has 1 aliphatic heterocycles. The lowest BCUT2D eigenvalue weighted by Gasteiger charge is -2.32. The number of aromatic nitrogens is 2. The number of amides is 1. The van der Waals surface area contributed by atoms with Gasteiger partial charge in [0.2, 0.25) is 5.95 Å². The van der Waals surface area contributed by atoms with Gasteiger partial charge in [-0.25, -0.2) is 14.4 Å². The van der Waals surface area contributed by atoms with E-state index in [9.17, 15) is 9.18 Å². The van der Waals surface area contributed by atoms with Gasteiger partial charge < -0.3 is 14.6 Å². The van der Waals surface area contributed by atoms with Crippen LogP contribution in [0.15, 0.2) is 57.7 Å². The highest BCUT2D eigenvalue weighted by Gasteiger charge is 2.28. The SMILES string of the molecule is O=C(c1ccc(Br)o1)N1CCC[C@H](c2ccnc(Nc3cccc(F)c3)n2)C1. The van der Waals surface area contributed by atoms with E-state index < -0.39 is 0 Å². The summed E-state index contributed by atoms with van der Waals surface area (Å²) in [6.45, 7) is 1.25. The highest BCUT2D eigenvalue weighted by Crippen LogP contribution is 2.28. The van der Waals surface area contributed by atoms with Crippen molar-refractivity contribution in [1.82, 2.24) is 14.9 Å². The Morgan fingerprint density at radius 2 is 2.18 bits per heavy atom. The number of hydrogen-bond acceptors (Lipinski definition) is 5. The first kappa shape index (κ1) is 18.6. The number of likely N-dealkylation sites (tertiary alicyclic amines) is 1. The molecule has 1 saturated heterocycles. The van der Waals surface area contributed by atoms with E-state index in [0.29, 0.717) is 35.2 Å². The lowest BCUT2D eigenvalue weighted by atomic mass is 9.94. The van der Waals surface area contributed by atoms with Gasteiger partial charge in [0.05, 0.1) is 5.69 Å². The lowest BCUT2D eigenvalue weighted by Crippen LogP contribution is -2.39. The second-order valence-corrected chi connectivity index (χ2v) is 7.42. The van der Waals surface area contributed by atoms with Crippen LogP contribution < -0.4 is 5.32 Å². The zero-order chi connectivity index (χ0) is 19.5. The third kappa shape index (κ3) is 4.22. The molecular weight excluding hydrogens is 427 g/mol. The maximum atomic E-state index is 13.4. The molecule has 0 aliphatic carbocycles. The molecule has 3 heterocycles. The zero-order valence-electron chi connectivity index (χ0n) is 14.9. The van der Waals surface area contributed by atoms with E-state index in [-0.39, 0.29) is 17.6 Å². The maximum Gasteiger partial charge on any atom is 0.289 e. The topological polar surface area (TPSA) is 71.3 Å². The van der Waals surface area contributed by atoms with Crippen LogP contribution in [0.3, 0.4) is 0 Å². The summed E-state index contributed by atoms with van der Waals surface area (Å²) in [7, 11) is 0. The number of carbonyl (C=O) groups is 1. The fourth-order valence-corrected chi connectivity index (χ4v) is 3.65. The van der Waals surface area contributed by atoms with Crippen molar-refractivity contribution >= 4 is 33.5 Å². The predicted molar refractivity (Wildman–Crippen MR) is 106 cm³/mol. The van der Waals surface area contributed by atoms with Crippen LogP contribution in [0.4, 0.5) is 16.0 Å². The maximum absolute atomic E-state index is 13.4. The number of halogens is 2. The van der Waals surface area contributed by atoms with Gasteiger partial charge in [0.1, 0.15) is 5.82 Å². The molecule has 1 N–H and O–H groups in total. The van der Waals surface area contributed by atoms with Gasteiger partial charge in [-0.3, -0.25) is 4.79 Å². The number of piperidine rings is 1. The summed E-state index contributed by atoms with van der Waals surface area (Å²) < 4.78 is 19.3. The number of carbonyl (C=O) groups excluding carboxylic acids is 1. The van der Waals surface area contributed by atoms with E-state index in [1.165, 1.54) is 12.1 Å². The van der Waals surface area contributed by atoms with Crippen molar-refractivity contribution in [2.24, 2.45) is 0 Å². The quantitative estimate of drug-likeness (QED) is 0.629. The molecule has 0 radical (unpaired) electrons. The molecule has 1 atom stereocenters. The summed E-state index contributed by atoms with van der Waals surface area (Å²) >= 11 is 3.23. The second kappa shape index (κ2) is 8.10. The van der Waals surface area contributed by atoms with Crippen molar-refractivity contribution in [1.29, 1.82) is 0 Å². The van der Waals surface area contributed by atoms with E-state index in [2.05, 4.69) is 31.2 Å². The number of rotatable bonds is 4. The van der Waals surface area contributed by atoms with Gasteiger partial charge in [-0.15, -0.1) is 0 Å². The van der Waals surface area contributed by atoms with E-state index in [1.807, 2.05) is 6.07 Å². The average molecular weight is 445 g/mol. The molecule has 3 aromatic rings. The summed E-state index contributed by atoms with van der Waals surface area (Å²) in [6.07, 6.45) is 3.49. The monoisotopic (exact) mass is 444 g/mol.